The van der Waals surface area contributed by atoms with Crippen molar-refractivity contribution in [2.24, 2.45) is 0 Å². The summed E-state index contributed by atoms with van der Waals surface area (Å²) in [6.45, 7) is 2.83. The lowest BCUT2D eigenvalue weighted by molar-refractivity contribution is -0.143. The van der Waals surface area contributed by atoms with Gasteiger partial charge in [-0.2, -0.15) is 0 Å². The molecule has 0 spiro atoms. The molecule has 3 heterocycles. The largest absolute Gasteiger partial charge is 0.464 e. The van der Waals surface area contributed by atoms with E-state index in [1.54, 1.807) is 0 Å². The zero-order valence-corrected chi connectivity index (χ0v) is 10.4. The van der Waals surface area contributed by atoms with E-state index in [4.69, 9.17) is 4.74 Å². The molecule has 3 rings (SSSR count). The van der Waals surface area contributed by atoms with Gasteiger partial charge in [-0.15, -0.1) is 0 Å². The topological polar surface area (TPSA) is 41.6 Å². The summed E-state index contributed by atoms with van der Waals surface area (Å²) in [6, 6.07) is 1.20. The van der Waals surface area contributed by atoms with Gasteiger partial charge in [0, 0.05) is 18.5 Å². The Morgan fingerprint density at radius 2 is 2.12 bits per heavy atom. The second-order valence-electron chi connectivity index (χ2n) is 5.48. The summed E-state index contributed by atoms with van der Waals surface area (Å²) < 4.78 is 5.13. The number of cyclic esters (lactones) is 1. The molecule has 4 heteroatoms. The van der Waals surface area contributed by atoms with Gasteiger partial charge in [-0.25, -0.2) is 0 Å². The molecule has 0 aromatic rings. The molecule has 1 N–H and O–H groups in total. The van der Waals surface area contributed by atoms with E-state index in [-0.39, 0.29) is 12.0 Å². The fourth-order valence-corrected chi connectivity index (χ4v) is 3.63. The molecule has 3 aliphatic rings. The Kier molecular flexibility index (Phi) is 3.34. The number of carbonyl (C=O) groups excluding carboxylic acids is 1. The summed E-state index contributed by atoms with van der Waals surface area (Å²) in [6.07, 6.45) is 7.21. The van der Waals surface area contributed by atoms with Gasteiger partial charge in [-0.05, 0) is 38.8 Å². The minimum atomic E-state index is 0.00916. The molecule has 3 fully saturated rings. The number of hydrogen-bond donors (Lipinski definition) is 1. The molecule has 0 aromatic carbocycles. The Bertz CT molecular complexity index is 289. The SMILES string of the molecule is O=C1OCCC1N1CCCCC1C1CCCN1. The van der Waals surface area contributed by atoms with Crippen LogP contribution in [0.3, 0.4) is 0 Å². The average Bonchev–Trinajstić information content (AvgIpc) is 3.00. The number of carbonyl (C=O) groups is 1. The first kappa shape index (κ1) is 11.5. The van der Waals surface area contributed by atoms with Crippen LogP contribution in [0.15, 0.2) is 0 Å². The minimum Gasteiger partial charge on any atom is -0.464 e. The van der Waals surface area contributed by atoms with Crippen LogP contribution in [0.2, 0.25) is 0 Å². The fraction of sp³-hybridized carbons (Fsp3) is 0.923. The maximum absolute atomic E-state index is 11.7. The molecule has 3 aliphatic heterocycles. The van der Waals surface area contributed by atoms with Crippen molar-refractivity contribution in [2.75, 3.05) is 19.7 Å². The number of hydrogen-bond acceptors (Lipinski definition) is 4. The molecule has 0 radical (unpaired) electrons. The van der Waals surface area contributed by atoms with Gasteiger partial charge in [0.15, 0.2) is 0 Å². The van der Waals surface area contributed by atoms with Crippen molar-refractivity contribution in [3.63, 3.8) is 0 Å². The molecule has 0 saturated carbocycles. The second-order valence-corrected chi connectivity index (χ2v) is 5.48. The minimum absolute atomic E-state index is 0.00916. The third kappa shape index (κ3) is 2.20. The zero-order valence-electron chi connectivity index (χ0n) is 10.4. The number of nitrogens with one attached hydrogen (secondary N) is 1. The molecule has 0 aromatic heterocycles. The van der Waals surface area contributed by atoms with Gasteiger partial charge >= 0.3 is 5.97 Å². The van der Waals surface area contributed by atoms with Crippen LogP contribution in [0.1, 0.15) is 38.5 Å². The maximum atomic E-state index is 11.7. The quantitative estimate of drug-likeness (QED) is 0.726. The summed E-state index contributed by atoms with van der Waals surface area (Å²) in [4.78, 5) is 14.2. The Morgan fingerprint density at radius 3 is 2.82 bits per heavy atom. The monoisotopic (exact) mass is 238 g/mol. The lowest BCUT2D eigenvalue weighted by atomic mass is 9.92. The Morgan fingerprint density at radius 1 is 1.18 bits per heavy atom. The smallest absolute Gasteiger partial charge is 0.323 e. The van der Waals surface area contributed by atoms with Crippen molar-refractivity contribution in [1.82, 2.24) is 10.2 Å². The second kappa shape index (κ2) is 4.94. The van der Waals surface area contributed by atoms with E-state index in [2.05, 4.69) is 10.2 Å². The van der Waals surface area contributed by atoms with Crippen molar-refractivity contribution in [3.8, 4) is 0 Å². The van der Waals surface area contributed by atoms with Gasteiger partial charge in [0.05, 0.1) is 6.61 Å². The molecule has 3 saturated heterocycles. The van der Waals surface area contributed by atoms with Crippen molar-refractivity contribution >= 4 is 5.97 Å². The lowest BCUT2D eigenvalue weighted by Gasteiger charge is -2.41. The van der Waals surface area contributed by atoms with E-state index in [0.29, 0.717) is 18.7 Å². The molecule has 3 unspecified atom stereocenters. The van der Waals surface area contributed by atoms with Crippen molar-refractivity contribution in [2.45, 2.75) is 56.7 Å². The number of likely N-dealkylation sites (tertiary alicyclic amines) is 1. The Balaban J connectivity index is 1.72. The summed E-state index contributed by atoms with van der Waals surface area (Å²) >= 11 is 0. The fourth-order valence-electron chi connectivity index (χ4n) is 3.63. The molecule has 4 nitrogen and oxygen atoms in total. The molecular formula is C13H22N2O2. The van der Waals surface area contributed by atoms with Gasteiger partial charge in [0.25, 0.3) is 0 Å². The summed E-state index contributed by atoms with van der Waals surface area (Å²) in [5.74, 6) is 0.00916. The van der Waals surface area contributed by atoms with Gasteiger partial charge < -0.3 is 10.1 Å². The molecule has 0 aliphatic carbocycles. The average molecular weight is 238 g/mol. The summed E-state index contributed by atoms with van der Waals surface area (Å²) in [7, 11) is 0. The van der Waals surface area contributed by atoms with Crippen LogP contribution in [-0.2, 0) is 9.53 Å². The Labute approximate surface area is 103 Å². The van der Waals surface area contributed by atoms with E-state index < -0.39 is 0 Å². The Hall–Kier alpha value is -0.610. The highest BCUT2D eigenvalue weighted by molar-refractivity contribution is 5.77. The van der Waals surface area contributed by atoms with Crippen LogP contribution >= 0.6 is 0 Å². The number of piperidine rings is 1. The van der Waals surface area contributed by atoms with Crippen LogP contribution in [0.5, 0.6) is 0 Å². The third-order valence-corrected chi connectivity index (χ3v) is 4.46. The van der Waals surface area contributed by atoms with Crippen LogP contribution < -0.4 is 5.32 Å². The molecular weight excluding hydrogens is 216 g/mol. The molecule has 3 atom stereocenters. The van der Waals surface area contributed by atoms with Crippen LogP contribution in [-0.4, -0.2) is 48.7 Å². The highest BCUT2D eigenvalue weighted by atomic mass is 16.5. The van der Waals surface area contributed by atoms with Crippen LogP contribution in [0.4, 0.5) is 0 Å². The predicted molar refractivity (Wildman–Crippen MR) is 64.7 cm³/mol. The number of nitrogens with zero attached hydrogens (tertiary/aromatic N) is 1. The highest BCUT2D eigenvalue weighted by Crippen LogP contribution is 2.28. The first-order valence-corrected chi connectivity index (χ1v) is 7.02. The number of esters is 1. The van der Waals surface area contributed by atoms with Gasteiger partial charge in [-0.3, -0.25) is 9.69 Å². The third-order valence-electron chi connectivity index (χ3n) is 4.46. The number of ether oxygens (including phenoxy) is 1. The number of rotatable bonds is 2. The zero-order chi connectivity index (χ0) is 11.7. The lowest BCUT2D eigenvalue weighted by Crippen LogP contribution is -2.55. The normalized spacial score (nSPS) is 39.5. The van der Waals surface area contributed by atoms with Gasteiger partial charge in [0.2, 0.25) is 0 Å². The van der Waals surface area contributed by atoms with Crippen molar-refractivity contribution in [1.29, 1.82) is 0 Å². The molecule has 96 valence electrons. The van der Waals surface area contributed by atoms with E-state index >= 15 is 0 Å². The first-order chi connectivity index (χ1) is 8.36. The van der Waals surface area contributed by atoms with E-state index in [9.17, 15) is 4.79 Å². The molecule has 0 bridgehead atoms. The molecule has 17 heavy (non-hydrogen) atoms. The summed E-state index contributed by atoms with van der Waals surface area (Å²) in [5.41, 5.74) is 0. The van der Waals surface area contributed by atoms with Crippen molar-refractivity contribution in [3.05, 3.63) is 0 Å². The maximum Gasteiger partial charge on any atom is 0.323 e. The summed E-state index contributed by atoms with van der Waals surface area (Å²) in [5, 5.41) is 3.60. The van der Waals surface area contributed by atoms with Gasteiger partial charge in [-0.1, -0.05) is 6.42 Å². The van der Waals surface area contributed by atoms with E-state index in [1.165, 1.54) is 32.1 Å². The van der Waals surface area contributed by atoms with E-state index in [0.717, 1.165) is 19.5 Å². The first-order valence-electron chi connectivity index (χ1n) is 7.02. The van der Waals surface area contributed by atoms with E-state index in [1.807, 2.05) is 0 Å². The van der Waals surface area contributed by atoms with Gasteiger partial charge in [0.1, 0.15) is 6.04 Å². The molecule has 0 amide bonds. The van der Waals surface area contributed by atoms with Crippen LogP contribution in [0, 0.1) is 0 Å². The van der Waals surface area contributed by atoms with Crippen LogP contribution in [0.25, 0.3) is 0 Å². The standard InChI is InChI=1S/C13H22N2O2/c16-13-12(6-9-17-13)15-8-2-1-5-11(15)10-4-3-7-14-10/h10-12,14H,1-9H2. The highest BCUT2D eigenvalue weighted by Gasteiger charge is 2.40. The predicted octanol–water partition coefficient (Wildman–Crippen LogP) is 0.908. The van der Waals surface area contributed by atoms with Crippen molar-refractivity contribution < 1.29 is 9.53 Å².